The summed E-state index contributed by atoms with van der Waals surface area (Å²) in [5.74, 6) is 1.99. The van der Waals surface area contributed by atoms with E-state index in [1.54, 1.807) is 26.5 Å². The van der Waals surface area contributed by atoms with Gasteiger partial charge in [-0.05, 0) is 42.8 Å². The molecule has 3 aromatic rings. The van der Waals surface area contributed by atoms with Gasteiger partial charge in [0.25, 0.3) is 0 Å². The highest BCUT2D eigenvalue weighted by molar-refractivity contribution is 5.92. The van der Waals surface area contributed by atoms with Crippen molar-refractivity contribution in [1.29, 1.82) is 0 Å². The lowest BCUT2D eigenvalue weighted by molar-refractivity contribution is -0.117. The number of ether oxygens (including phenoxy) is 2. The summed E-state index contributed by atoms with van der Waals surface area (Å²) in [6.45, 7) is 2.00. The largest absolute Gasteiger partial charge is 0.497 e. The Labute approximate surface area is 170 Å². The Morgan fingerprint density at radius 3 is 2.52 bits per heavy atom. The van der Waals surface area contributed by atoms with Crippen LogP contribution in [0.1, 0.15) is 28.6 Å². The van der Waals surface area contributed by atoms with Gasteiger partial charge in [-0.15, -0.1) is 0 Å². The fourth-order valence-electron chi connectivity index (χ4n) is 3.09. The topological polar surface area (TPSA) is 65.4 Å². The van der Waals surface area contributed by atoms with Crippen LogP contribution in [-0.2, 0) is 11.8 Å². The summed E-state index contributed by atoms with van der Waals surface area (Å²) in [6, 6.07) is 13.0. The van der Waals surface area contributed by atoms with Crippen molar-refractivity contribution in [2.45, 2.75) is 13.0 Å². The van der Waals surface area contributed by atoms with Gasteiger partial charge in [-0.2, -0.15) is 0 Å². The molecule has 0 bridgehead atoms. The van der Waals surface area contributed by atoms with Crippen molar-refractivity contribution >= 4 is 12.0 Å². The van der Waals surface area contributed by atoms with Crippen LogP contribution in [0.15, 0.2) is 60.9 Å². The van der Waals surface area contributed by atoms with Gasteiger partial charge in [-0.25, -0.2) is 4.98 Å². The molecule has 6 heteroatoms. The van der Waals surface area contributed by atoms with Crippen molar-refractivity contribution in [3.8, 4) is 11.5 Å². The maximum absolute atomic E-state index is 12.7. The van der Waals surface area contributed by atoms with Crippen molar-refractivity contribution in [1.82, 2.24) is 14.9 Å². The van der Waals surface area contributed by atoms with Gasteiger partial charge in [-0.1, -0.05) is 23.8 Å². The first kappa shape index (κ1) is 20.2. The first-order valence-electron chi connectivity index (χ1n) is 9.26. The van der Waals surface area contributed by atoms with Gasteiger partial charge < -0.3 is 19.4 Å². The van der Waals surface area contributed by atoms with Crippen LogP contribution in [-0.4, -0.2) is 29.7 Å². The number of nitrogens with one attached hydrogen (secondary N) is 1. The zero-order valence-corrected chi connectivity index (χ0v) is 17.0. The number of nitrogens with zero attached hydrogens (tertiary/aromatic N) is 2. The van der Waals surface area contributed by atoms with Gasteiger partial charge in [0.15, 0.2) is 0 Å². The molecule has 1 N–H and O–H groups in total. The van der Waals surface area contributed by atoms with Gasteiger partial charge in [0, 0.05) is 31.1 Å². The van der Waals surface area contributed by atoms with E-state index in [9.17, 15) is 4.79 Å². The van der Waals surface area contributed by atoms with E-state index in [0.29, 0.717) is 0 Å². The SMILES string of the molecule is COc1ccc(C(NC(=O)/C=C/c2cc(C)ccc2OC)c2nccn2C)cc1. The summed E-state index contributed by atoms with van der Waals surface area (Å²) in [7, 11) is 5.14. The fourth-order valence-corrected chi connectivity index (χ4v) is 3.09. The molecule has 1 atom stereocenters. The number of aromatic nitrogens is 2. The van der Waals surface area contributed by atoms with E-state index in [1.807, 2.05) is 67.2 Å². The number of methoxy groups -OCH3 is 2. The number of amides is 1. The van der Waals surface area contributed by atoms with Crippen LogP contribution in [0.5, 0.6) is 11.5 Å². The minimum absolute atomic E-state index is 0.225. The second kappa shape index (κ2) is 9.10. The number of hydrogen-bond acceptors (Lipinski definition) is 4. The Morgan fingerprint density at radius 2 is 1.90 bits per heavy atom. The van der Waals surface area contributed by atoms with E-state index in [4.69, 9.17) is 9.47 Å². The molecule has 0 aliphatic rings. The lowest BCUT2D eigenvalue weighted by atomic mass is 10.1. The Kier molecular flexibility index (Phi) is 6.34. The monoisotopic (exact) mass is 391 g/mol. The molecule has 1 amide bonds. The zero-order valence-electron chi connectivity index (χ0n) is 17.0. The van der Waals surface area contributed by atoms with Gasteiger partial charge in [-0.3, -0.25) is 4.79 Å². The van der Waals surface area contributed by atoms with Crippen LogP contribution in [0.3, 0.4) is 0 Å². The number of carbonyl (C=O) groups is 1. The number of rotatable bonds is 7. The second-order valence-corrected chi connectivity index (χ2v) is 6.69. The number of hydrogen-bond donors (Lipinski definition) is 1. The van der Waals surface area contributed by atoms with Crippen LogP contribution in [0.4, 0.5) is 0 Å². The molecule has 1 unspecified atom stereocenters. The van der Waals surface area contributed by atoms with Crippen LogP contribution < -0.4 is 14.8 Å². The maximum atomic E-state index is 12.7. The first-order valence-corrected chi connectivity index (χ1v) is 9.26. The molecule has 0 radical (unpaired) electrons. The number of benzene rings is 2. The van der Waals surface area contributed by atoms with E-state index in [2.05, 4.69) is 10.3 Å². The summed E-state index contributed by atoms with van der Waals surface area (Å²) >= 11 is 0. The molecule has 1 heterocycles. The lowest BCUT2D eigenvalue weighted by Crippen LogP contribution is -2.29. The predicted molar refractivity (Wildman–Crippen MR) is 113 cm³/mol. The van der Waals surface area contributed by atoms with Gasteiger partial charge in [0.1, 0.15) is 23.4 Å². The van der Waals surface area contributed by atoms with E-state index in [-0.39, 0.29) is 5.91 Å². The molecule has 1 aromatic heterocycles. The summed E-state index contributed by atoms with van der Waals surface area (Å²) < 4.78 is 12.5. The molecule has 0 saturated heterocycles. The Hall–Kier alpha value is -3.54. The number of carbonyl (C=O) groups excluding carboxylic acids is 1. The van der Waals surface area contributed by atoms with Gasteiger partial charge in [0.05, 0.1) is 14.2 Å². The van der Waals surface area contributed by atoms with Crippen LogP contribution in [0.25, 0.3) is 6.08 Å². The van der Waals surface area contributed by atoms with Crippen LogP contribution in [0.2, 0.25) is 0 Å². The maximum Gasteiger partial charge on any atom is 0.244 e. The molecule has 6 nitrogen and oxygen atoms in total. The minimum Gasteiger partial charge on any atom is -0.497 e. The highest BCUT2D eigenvalue weighted by Crippen LogP contribution is 2.24. The summed E-state index contributed by atoms with van der Waals surface area (Å²) in [6.07, 6.45) is 6.83. The third-order valence-corrected chi connectivity index (χ3v) is 4.65. The van der Waals surface area contributed by atoms with Crippen molar-refractivity contribution in [2.24, 2.45) is 7.05 Å². The molecule has 29 heavy (non-hydrogen) atoms. The van der Waals surface area contributed by atoms with E-state index >= 15 is 0 Å². The molecular weight excluding hydrogens is 366 g/mol. The van der Waals surface area contributed by atoms with Crippen LogP contribution in [0, 0.1) is 6.92 Å². The number of imidazole rings is 1. The Balaban J connectivity index is 1.85. The Bertz CT molecular complexity index is 1010. The number of aryl methyl sites for hydroxylation is 2. The molecule has 0 spiro atoms. The third kappa shape index (κ3) is 4.85. The van der Waals surface area contributed by atoms with Crippen molar-refractivity contribution in [3.63, 3.8) is 0 Å². The average Bonchev–Trinajstić information content (AvgIpc) is 3.16. The molecule has 0 fully saturated rings. The molecule has 150 valence electrons. The smallest absolute Gasteiger partial charge is 0.244 e. The van der Waals surface area contributed by atoms with Gasteiger partial charge in [0.2, 0.25) is 5.91 Å². The summed E-state index contributed by atoms with van der Waals surface area (Å²) in [5.41, 5.74) is 2.85. The molecule has 3 rings (SSSR count). The van der Waals surface area contributed by atoms with E-state index in [1.165, 1.54) is 6.08 Å². The second-order valence-electron chi connectivity index (χ2n) is 6.69. The minimum atomic E-state index is -0.391. The molecular formula is C23H25N3O3. The zero-order chi connectivity index (χ0) is 20.8. The van der Waals surface area contributed by atoms with Gasteiger partial charge >= 0.3 is 0 Å². The summed E-state index contributed by atoms with van der Waals surface area (Å²) in [4.78, 5) is 17.1. The van der Waals surface area contributed by atoms with Crippen molar-refractivity contribution < 1.29 is 14.3 Å². The van der Waals surface area contributed by atoms with E-state index in [0.717, 1.165) is 34.0 Å². The molecule has 0 aliphatic heterocycles. The molecule has 0 aliphatic carbocycles. The summed E-state index contributed by atoms with van der Waals surface area (Å²) in [5, 5.41) is 3.05. The predicted octanol–water partition coefficient (Wildman–Crippen LogP) is 3.66. The average molecular weight is 391 g/mol. The fraction of sp³-hybridized carbons (Fsp3) is 0.217. The van der Waals surface area contributed by atoms with E-state index < -0.39 is 6.04 Å². The highest BCUT2D eigenvalue weighted by Gasteiger charge is 2.20. The highest BCUT2D eigenvalue weighted by atomic mass is 16.5. The lowest BCUT2D eigenvalue weighted by Gasteiger charge is -2.18. The molecule has 0 saturated carbocycles. The third-order valence-electron chi connectivity index (χ3n) is 4.65. The van der Waals surface area contributed by atoms with Crippen molar-refractivity contribution in [3.05, 3.63) is 83.4 Å². The van der Waals surface area contributed by atoms with Crippen molar-refractivity contribution in [2.75, 3.05) is 14.2 Å². The quantitative estimate of drug-likeness (QED) is 0.624. The molecule has 2 aromatic carbocycles. The standard InChI is InChI=1S/C23H25N3O3/c1-16-5-11-20(29-4)18(15-16)8-12-21(27)25-22(23-24-13-14-26(23)2)17-6-9-19(28-3)10-7-17/h5-15,22H,1-4H3,(H,25,27)/b12-8+. The first-order chi connectivity index (χ1) is 14.0. The Morgan fingerprint density at radius 1 is 1.14 bits per heavy atom. The normalized spacial score (nSPS) is 12.0. The van der Waals surface area contributed by atoms with Crippen LogP contribution >= 0.6 is 0 Å².